The second kappa shape index (κ2) is 6.73. The molecule has 1 aliphatic rings. The Morgan fingerprint density at radius 3 is 2.48 bits per heavy atom. The van der Waals surface area contributed by atoms with Crippen LogP contribution in [0.1, 0.15) is 27.2 Å². The molecule has 1 aromatic carbocycles. The minimum Gasteiger partial charge on any atom is -0.323 e. The highest BCUT2D eigenvalue weighted by Crippen LogP contribution is 2.25. The van der Waals surface area contributed by atoms with E-state index in [4.69, 9.17) is 0 Å². The molecule has 25 heavy (non-hydrogen) atoms. The van der Waals surface area contributed by atoms with Gasteiger partial charge in [-0.25, -0.2) is 18.0 Å². The molecule has 2 rings (SSSR count). The van der Waals surface area contributed by atoms with Crippen LogP contribution in [0.4, 0.5) is 23.7 Å². The third kappa shape index (κ3) is 3.75. The molecule has 1 fully saturated rings. The van der Waals surface area contributed by atoms with Crippen molar-refractivity contribution in [2.45, 2.75) is 32.7 Å². The summed E-state index contributed by atoms with van der Waals surface area (Å²) in [6, 6.07) is 0.760. The summed E-state index contributed by atoms with van der Waals surface area (Å²) in [5.74, 6) is -6.05. The van der Waals surface area contributed by atoms with Gasteiger partial charge in [0.1, 0.15) is 12.1 Å². The van der Waals surface area contributed by atoms with Crippen molar-refractivity contribution in [2.24, 2.45) is 5.92 Å². The Bertz CT molecular complexity index is 739. The van der Waals surface area contributed by atoms with E-state index in [1.807, 2.05) is 19.2 Å². The normalized spacial score (nSPS) is 20.2. The van der Waals surface area contributed by atoms with E-state index in [1.54, 1.807) is 6.92 Å². The van der Waals surface area contributed by atoms with Crippen molar-refractivity contribution in [3.8, 4) is 0 Å². The second-order valence-electron chi connectivity index (χ2n) is 6.52. The van der Waals surface area contributed by atoms with Gasteiger partial charge in [-0.3, -0.25) is 14.5 Å². The number of carbonyl (C=O) groups excluding carboxylic acids is 3. The standard InChI is InChI=1S/C16H18F3N3O3/c1-8(2)6-16(3)14(24)22(15(25)21-16)7-11(23)20-10-5-4-9(17)12(18)13(10)19/h4-5,8H,6-7H2,1-3H3,(H,20,23)(H,21,25)/t16-/m0/s1. The molecule has 6 nitrogen and oxygen atoms in total. The molecule has 1 aromatic rings. The molecule has 9 heteroatoms. The fraction of sp³-hybridized carbons (Fsp3) is 0.438. The monoisotopic (exact) mass is 357 g/mol. The smallest absolute Gasteiger partial charge is 0.323 e. The van der Waals surface area contributed by atoms with E-state index in [2.05, 4.69) is 5.32 Å². The molecule has 0 saturated carbocycles. The van der Waals surface area contributed by atoms with Crippen LogP contribution in [-0.2, 0) is 9.59 Å². The number of hydrogen-bond acceptors (Lipinski definition) is 3. The van der Waals surface area contributed by atoms with Gasteiger partial charge in [0.05, 0.1) is 5.69 Å². The average Bonchev–Trinajstić information content (AvgIpc) is 2.70. The molecular formula is C16H18F3N3O3. The van der Waals surface area contributed by atoms with Crippen molar-refractivity contribution in [1.29, 1.82) is 0 Å². The van der Waals surface area contributed by atoms with E-state index in [-0.39, 0.29) is 5.92 Å². The molecule has 0 aromatic heterocycles. The van der Waals surface area contributed by atoms with Crippen molar-refractivity contribution in [2.75, 3.05) is 11.9 Å². The zero-order valence-electron chi connectivity index (χ0n) is 14.0. The minimum atomic E-state index is -1.72. The number of hydrogen-bond donors (Lipinski definition) is 2. The van der Waals surface area contributed by atoms with Crippen LogP contribution < -0.4 is 10.6 Å². The van der Waals surface area contributed by atoms with Crippen LogP contribution in [0.5, 0.6) is 0 Å². The number of nitrogens with one attached hydrogen (secondary N) is 2. The van der Waals surface area contributed by atoms with Gasteiger partial charge in [-0.1, -0.05) is 13.8 Å². The summed E-state index contributed by atoms with van der Waals surface area (Å²) >= 11 is 0. The zero-order chi connectivity index (χ0) is 18.9. The van der Waals surface area contributed by atoms with E-state index in [0.717, 1.165) is 6.07 Å². The Labute approximate surface area is 142 Å². The predicted molar refractivity (Wildman–Crippen MR) is 83.1 cm³/mol. The fourth-order valence-corrected chi connectivity index (χ4v) is 2.80. The quantitative estimate of drug-likeness (QED) is 0.627. The van der Waals surface area contributed by atoms with Crippen molar-refractivity contribution in [1.82, 2.24) is 10.2 Å². The van der Waals surface area contributed by atoms with Crippen LogP contribution in [0.3, 0.4) is 0 Å². The third-order valence-corrected chi connectivity index (χ3v) is 3.77. The number of benzene rings is 1. The van der Waals surface area contributed by atoms with E-state index in [1.165, 1.54) is 0 Å². The first-order valence-corrected chi connectivity index (χ1v) is 7.62. The van der Waals surface area contributed by atoms with E-state index >= 15 is 0 Å². The number of nitrogens with zero attached hydrogens (tertiary/aromatic N) is 1. The van der Waals surface area contributed by atoms with Crippen molar-refractivity contribution >= 4 is 23.5 Å². The SMILES string of the molecule is CC(C)C[C@]1(C)NC(=O)N(CC(=O)Nc2ccc(F)c(F)c2F)C1=O. The topological polar surface area (TPSA) is 78.5 Å². The lowest BCUT2D eigenvalue weighted by Crippen LogP contribution is -2.45. The van der Waals surface area contributed by atoms with Crippen molar-refractivity contribution < 1.29 is 27.6 Å². The summed E-state index contributed by atoms with van der Waals surface area (Å²) in [4.78, 5) is 37.0. The van der Waals surface area contributed by atoms with Crippen molar-refractivity contribution in [3.05, 3.63) is 29.6 Å². The molecule has 2 N–H and O–H groups in total. The van der Waals surface area contributed by atoms with Gasteiger partial charge in [-0.15, -0.1) is 0 Å². The highest BCUT2D eigenvalue weighted by atomic mass is 19.2. The number of rotatable bonds is 5. The Hall–Kier alpha value is -2.58. The second-order valence-corrected chi connectivity index (χ2v) is 6.52. The first-order chi connectivity index (χ1) is 11.5. The first kappa shape index (κ1) is 18.8. The maximum absolute atomic E-state index is 13.6. The first-order valence-electron chi connectivity index (χ1n) is 7.62. The van der Waals surface area contributed by atoms with Crippen LogP contribution in [-0.4, -0.2) is 34.8 Å². The van der Waals surface area contributed by atoms with Gasteiger partial charge in [0.25, 0.3) is 5.91 Å². The lowest BCUT2D eigenvalue weighted by molar-refractivity contribution is -0.133. The van der Waals surface area contributed by atoms with Crippen LogP contribution in [0.2, 0.25) is 0 Å². The lowest BCUT2D eigenvalue weighted by atomic mass is 9.91. The largest absolute Gasteiger partial charge is 0.325 e. The minimum absolute atomic E-state index is 0.124. The summed E-state index contributed by atoms with van der Waals surface area (Å²) in [6.45, 7) is 4.65. The highest BCUT2D eigenvalue weighted by molar-refractivity contribution is 6.09. The number of anilines is 1. The molecule has 1 saturated heterocycles. The molecule has 0 radical (unpaired) electrons. The number of urea groups is 1. The summed E-state index contributed by atoms with van der Waals surface area (Å²) in [5, 5.41) is 4.55. The molecule has 136 valence electrons. The molecular weight excluding hydrogens is 339 g/mol. The molecule has 4 amide bonds. The summed E-state index contributed by atoms with van der Waals surface area (Å²) in [5.41, 5.74) is -1.71. The van der Waals surface area contributed by atoms with Gasteiger partial charge in [0, 0.05) is 0 Å². The summed E-state index contributed by atoms with van der Waals surface area (Å²) in [7, 11) is 0. The fourth-order valence-electron chi connectivity index (χ4n) is 2.80. The average molecular weight is 357 g/mol. The van der Waals surface area contributed by atoms with Crippen LogP contribution in [0.25, 0.3) is 0 Å². The zero-order valence-corrected chi connectivity index (χ0v) is 14.0. The van der Waals surface area contributed by atoms with Gasteiger partial charge in [0.15, 0.2) is 17.5 Å². The molecule has 1 aliphatic heterocycles. The number of imide groups is 1. The van der Waals surface area contributed by atoms with Gasteiger partial charge < -0.3 is 10.6 Å². The van der Waals surface area contributed by atoms with Gasteiger partial charge in [-0.05, 0) is 31.4 Å². The predicted octanol–water partition coefficient (Wildman–Crippen LogP) is 2.40. The molecule has 0 bridgehead atoms. The highest BCUT2D eigenvalue weighted by Gasteiger charge is 2.48. The Morgan fingerprint density at radius 1 is 1.24 bits per heavy atom. The maximum Gasteiger partial charge on any atom is 0.325 e. The van der Waals surface area contributed by atoms with Crippen LogP contribution >= 0.6 is 0 Å². The van der Waals surface area contributed by atoms with E-state index in [9.17, 15) is 27.6 Å². The molecule has 1 heterocycles. The molecule has 0 spiro atoms. The van der Waals surface area contributed by atoms with Crippen molar-refractivity contribution in [3.63, 3.8) is 0 Å². The molecule has 0 aliphatic carbocycles. The van der Waals surface area contributed by atoms with Crippen LogP contribution in [0.15, 0.2) is 12.1 Å². The van der Waals surface area contributed by atoms with Gasteiger partial charge in [0.2, 0.25) is 5.91 Å². The number of halogens is 3. The number of carbonyl (C=O) groups is 3. The molecule has 1 atom stereocenters. The van der Waals surface area contributed by atoms with Gasteiger partial charge >= 0.3 is 6.03 Å². The van der Waals surface area contributed by atoms with Gasteiger partial charge in [-0.2, -0.15) is 0 Å². The Kier molecular flexibility index (Phi) is 5.05. The summed E-state index contributed by atoms with van der Waals surface area (Å²) < 4.78 is 39.6. The van der Waals surface area contributed by atoms with E-state index in [0.29, 0.717) is 17.4 Å². The van der Waals surface area contributed by atoms with E-state index < -0.39 is 53.1 Å². The summed E-state index contributed by atoms with van der Waals surface area (Å²) in [6.07, 6.45) is 0.382. The Morgan fingerprint density at radius 2 is 1.88 bits per heavy atom. The number of amides is 4. The molecule has 0 unspecified atom stereocenters. The maximum atomic E-state index is 13.6. The Balaban J connectivity index is 2.10. The lowest BCUT2D eigenvalue weighted by Gasteiger charge is -2.23. The van der Waals surface area contributed by atoms with Crippen LogP contribution in [0, 0.1) is 23.4 Å². The third-order valence-electron chi connectivity index (χ3n) is 3.77.